The fraction of sp³-hybridized carbons (Fsp3) is 0.500. The Morgan fingerprint density at radius 1 is 1.12 bits per heavy atom. The monoisotopic (exact) mass is 216 g/mol. The van der Waals surface area contributed by atoms with E-state index in [0.29, 0.717) is 11.8 Å². The topological polar surface area (TPSA) is 0 Å². The van der Waals surface area contributed by atoms with Crippen molar-refractivity contribution in [3.8, 4) is 0 Å². The van der Waals surface area contributed by atoms with Crippen LogP contribution in [0, 0.1) is 5.92 Å². The maximum absolute atomic E-state index is 2.29. The van der Waals surface area contributed by atoms with E-state index in [0.717, 1.165) is 0 Å². The molecule has 1 aromatic carbocycles. The molecule has 0 bridgehead atoms. The lowest BCUT2D eigenvalue weighted by molar-refractivity contribution is 0.733. The second kappa shape index (κ2) is 5.89. The Kier molecular flexibility index (Phi) is 4.79. The summed E-state index contributed by atoms with van der Waals surface area (Å²) in [5.74, 6) is 1.27. The van der Waals surface area contributed by atoms with E-state index in [-0.39, 0.29) is 0 Å². The van der Waals surface area contributed by atoms with E-state index in [1.807, 2.05) is 0 Å². The lowest BCUT2D eigenvalue weighted by atomic mass is 9.92. The Hall–Kier alpha value is -1.04. The van der Waals surface area contributed by atoms with Gasteiger partial charge in [0, 0.05) is 0 Å². The molecule has 1 atom stereocenters. The summed E-state index contributed by atoms with van der Waals surface area (Å²) < 4.78 is 0. The summed E-state index contributed by atoms with van der Waals surface area (Å²) in [5.41, 5.74) is 4.26. The number of benzene rings is 1. The maximum Gasteiger partial charge on any atom is -0.0193 e. The Morgan fingerprint density at radius 3 is 2.06 bits per heavy atom. The van der Waals surface area contributed by atoms with Gasteiger partial charge in [-0.15, -0.1) is 0 Å². The summed E-state index contributed by atoms with van der Waals surface area (Å²) in [6.07, 6.45) is 3.43. The van der Waals surface area contributed by atoms with Crippen LogP contribution in [0.25, 0.3) is 5.57 Å². The molecule has 1 unspecified atom stereocenters. The Labute approximate surface area is 100 Å². The summed E-state index contributed by atoms with van der Waals surface area (Å²) in [4.78, 5) is 0. The molecule has 0 heterocycles. The van der Waals surface area contributed by atoms with Crippen LogP contribution in [0.3, 0.4) is 0 Å². The second-order valence-electron chi connectivity index (χ2n) is 4.83. The average molecular weight is 216 g/mol. The Morgan fingerprint density at radius 2 is 1.69 bits per heavy atom. The molecule has 0 spiro atoms. The van der Waals surface area contributed by atoms with Crippen LogP contribution in [0.1, 0.15) is 58.1 Å². The zero-order valence-electron chi connectivity index (χ0n) is 11.2. The van der Waals surface area contributed by atoms with E-state index in [2.05, 4.69) is 65.0 Å². The molecule has 0 aliphatic rings. The zero-order chi connectivity index (χ0) is 12.1. The van der Waals surface area contributed by atoms with Crippen molar-refractivity contribution in [2.24, 2.45) is 5.92 Å². The minimum absolute atomic E-state index is 0.597. The minimum atomic E-state index is 0.597. The first-order valence-electron chi connectivity index (χ1n) is 6.36. The van der Waals surface area contributed by atoms with Gasteiger partial charge >= 0.3 is 0 Å². The van der Waals surface area contributed by atoms with Crippen LogP contribution in [0.5, 0.6) is 0 Å². The van der Waals surface area contributed by atoms with Crippen LogP contribution in [0.2, 0.25) is 0 Å². The van der Waals surface area contributed by atoms with Gasteiger partial charge in [0.25, 0.3) is 0 Å². The highest BCUT2D eigenvalue weighted by Gasteiger charge is 2.07. The quantitative estimate of drug-likeness (QED) is 0.644. The maximum atomic E-state index is 2.29. The van der Waals surface area contributed by atoms with E-state index in [9.17, 15) is 0 Å². The fourth-order valence-corrected chi connectivity index (χ4v) is 2.07. The second-order valence-corrected chi connectivity index (χ2v) is 4.83. The van der Waals surface area contributed by atoms with Gasteiger partial charge in [-0.2, -0.15) is 0 Å². The molecule has 0 aliphatic heterocycles. The molecule has 0 saturated heterocycles. The molecule has 88 valence electrons. The third-order valence-electron chi connectivity index (χ3n) is 3.36. The van der Waals surface area contributed by atoms with Crippen molar-refractivity contribution < 1.29 is 0 Å². The SMILES string of the molecule is CC=C(c1ccc(C(C)CC)cc1)C(C)C. The van der Waals surface area contributed by atoms with E-state index in [1.54, 1.807) is 0 Å². The van der Waals surface area contributed by atoms with Gasteiger partial charge in [-0.1, -0.05) is 58.0 Å². The summed E-state index contributed by atoms with van der Waals surface area (Å²) in [7, 11) is 0. The molecule has 0 radical (unpaired) electrons. The first kappa shape index (κ1) is 13.0. The standard InChI is InChI=1S/C16H24/c1-6-13(5)14-8-10-15(11-9-14)16(7-2)12(3)4/h7-13H,6H2,1-5H3. The minimum Gasteiger partial charge on any atom is -0.0836 e. The molecule has 0 heteroatoms. The van der Waals surface area contributed by atoms with E-state index in [4.69, 9.17) is 0 Å². The lowest BCUT2D eigenvalue weighted by Gasteiger charge is -2.14. The molecule has 1 aromatic rings. The predicted octanol–water partition coefficient (Wildman–Crippen LogP) is 5.26. The first-order chi connectivity index (χ1) is 7.60. The zero-order valence-corrected chi connectivity index (χ0v) is 11.2. The molecule has 0 nitrogen and oxygen atoms in total. The highest BCUT2D eigenvalue weighted by Crippen LogP contribution is 2.25. The summed E-state index contributed by atoms with van der Waals surface area (Å²) in [5, 5.41) is 0. The third kappa shape index (κ3) is 2.98. The number of hydrogen-bond acceptors (Lipinski definition) is 0. The smallest absolute Gasteiger partial charge is 0.0193 e. The van der Waals surface area contributed by atoms with Crippen molar-refractivity contribution in [2.45, 2.75) is 47.0 Å². The normalized spacial score (nSPS) is 14.2. The molecule has 0 aliphatic carbocycles. The van der Waals surface area contributed by atoms with Crippen molar-refractivity contribution in [1.82, 2.24) is 0 Å². The third-order valence-corrected chi connectivity index (χ3v) is 3.36. The van der Waals surface area contributed by atoms with E-state index >= 15 is 0 Å². The first-order valence-corrected chi connectivity index (χ1v) is 6.36. The van der Waals surface area contributed by atoms with Crippen molar-refractivity contribution in [3.63, 3.8) is 0 Å². The highest BCUT2D eigenvalue weighted by molar-refractivity contribution is 5.66. The Balaban J connectivity index is 2.94. The lowest BCUT2D eigenvalue weighted by Crippen LogP contribution is -1.95. The van der Waals surface area contributed by atoms with Crippen molar-refractivity contribution >= 4 is 5.57 Å². The molecular weight excluding hydrogens is 192 g/mol. The van der Waals surface area contributed by atoms with Crippen molar-refractivity contribution in [1.29, 1.82) is 0 Å². The van der Waals surface area contributed by atoms with E-state index in [1.165, 1.54) is 23.1 Å². The van der Waals surface area contributed by atoms with E-state index < -0.39 is 0 Å². The molecule has 0 aromatic heterocycles. The molecule has 1 rings (SSSR count). The number of allylic oxidation sites excluding steroid dienone is 2. The van der Waals surface area contributed by atoms with Gasteiger partial charge < -0.3 is 0 Å². The highest BCUT2D eigenvalue weighted by atomic mass is 14.1. The molecule has 0 amide bonds. The van der Waals surface area contributed by atoms with Gasteiger partial charge in [0.15, 0.2) is 0 Å². The number of hydrogen-bond donors (Lipinski definition) is 0. The largest absolute Gasteiger partial charge is 0.0836 e. The number of rotatable bonds is 4. The van der Waals surface area contributed by atoms with Crippen LogP contribution in [0.15, 0.2) is 30.3 Å². The molecule has 16 heavy (non-hydrogen) atoms. The van der Waals surface area contributed by atoms with Crippen LogP contribution < -0.4 is 0 Å². The molecule has 0 fully saturated rings. The summed E-state index contributed by atoms with van der Waals surface area (Å²) in [6.45, 7) is 11.1. The van der Waals surface area contributed by atoms with Crippen LogP contribution in [-0.2, 0) is 0 Å². The predicted molar refractivity (Wildman–Crippen MR) is 73.6 cm³/mol. The van der Waals surface area contributed by atoms with Gasteiger partial charge in [0.05, 0.1) is 0 Å². The molecule has 0 saturated carbocycles. The van der Waals surface area contributed by atoms with Gasteiger partial charge in [-0.25, -0.2) is 0 Å². The summed E-state index contributed by atoms with van der Waals surface area (Å²) >= 11 is 0. The van der Waals surface area contributed by atoms with Crippen LogP contribution >= 0.6 is 0 Å². The molecular formula is C16H24. The Bertz CT molecular complexity index is 341. The van der Waals surface area contributed by atoms with Crippen LogP contribution in [-0.4, -0.2) is 0 Å². The van der Waals surface area contributed by atoms with Gasteiger partial charge in [-0.05, 0) is 41.9 Å². The molecule has 0 N–H and O–H groups in total. The van der Waals surface area contributed by atoms with Crippen LogP contribution in [0.4, 0.5) is 0 Å². The van der Waals surface area contributed by atoms with Crippen molar-refractivity contribution in [3.05, 3.63) is 41.5 Å². The van der Waals surface area contributed by atoms with Crippen molar-refractivity contribution in [2.75, 3.05) is 0 Å². The fourth-order valence-electron chi connectivity index (χ4n) is 2.07. The van der Waals surface area contributed by atoms with Gasteiger partial charge in [0.2, 0.25) is 0 Å². The van der Waals surface area contributed by atoms with Gasteiger partial charge in [-0.3, -0.25) is 0 Å². The summed E-state index contributed by atoms with van der Waals surface area (Å²) in [6, 6.07) is 9.07. The average Bonchev–Trinajstić information content (AvgIpc) is 2.29. The van der Waals surface area contributed by atoms with Gasteiger partial charge in [0.1, 0.15) is 0 Å².